The van der Waals surface area contributed by atoms with Crippen molar-refractivity contribution in [2.24, 2.45) is 0 Å². The number of ether oxygens (including phenoxy) is 2. The molecule has 1 aromatic carbocycles. The van der Waals surface area contributed by atoms with Gasteiger partial charge in [0.05, 0.1) is 7.11 Å². The number of hydrogen-bond acceptors (Lipinski definition) is 6. The summed E-state index contributed by atoms with van der Waals surface area (Å²) in [7, 11) is 1.58. The fourth-order valence-electron chi connectivity index (χ4n) is 2.09. The van der Waals surface area contributed by atoms with E-state index >= 15 is 0 Å². The van der Waals surface area contributed by atoms with Crippen LogP contribution in [-0.2, 0) is 11.3 Å². The van der Waals surface area contributed by atoms with Crippen LogP contribution in [0, 0.1) is 0 Å². The number of carbonyl (C=O) groups is 1. The van der Waals surface area contributed by atoms with Crippen molar-refractivity contribution in [2.45, 2.75) is 6.61 Å². The summed E-state index contributed by atoms with van der Waals surface area (Å²) in [6.07, 6.45) is 1.44. The first-order valence-corrected chi connectivity index (χ1v) is 7.12. The standard InChI is InChI=1S/C17H14N2O5/c1-22-13-5-2-4-11(8-13)15-9-12(19-24-15)10-23-17(21)14-6-3-7-18-16(14)20/h2-9H,10H2,1H3,(H,18,20). The van der Waals surface area contributed by atoms with Crippen molar-refractivity contribution in [3.63, 3.8) is 0 Å². The second-order valence-electron chi connectivity index (χ2n) is 4.90. The molecule has 0 bridgehead atoms. The molecule has 0 saturated carbocycles. The number of methoxy groups -OCH3 is 1. The summed E-state index contributed by atoms with van der Waals surface area (Å²) in [5.41, 5.74) is 0.668. The van der Waals surface area contributed by atoms with Crippen LogP contribution in [0.3, 0.4) is 0 Å². The van der Waals surface area contributed by atoms with Crippen molar-refractivity contribution in [3.05, 3.63) is 70.3 Å². The first-order chi connectivity index (χ1) is 11.7. The number of carbonyl (C=O) groups excluding carboxylic acids is 1. The molecule has 0 atom stereocenters. The van der Waals surface area contributed by atoms with E-state index in [1.807, 2.05) is 18.2 Å². The van der Waals surface area contributed by atoms with Gasteiger partial charge >= 0.3 is 5.97 Å². The minimum atomic E-state index is -0.720. The molecule has 3 rings (SSSR count). The van der Waals surface area contributed by atoms with Crippen LogP contribution < -0.4 is 10.3 Å². The van der Waals surface area contributed by atoms with Gasteiger partial charge < -0.3 is 19.0 Å². The molecule has 0 saturated heterocycles. The second kappa shape index (κ2) is 6.82. The Labute approximate surface area is 136 Å². The van der Waals surface area contributed by atoms with Crippen LogP contribution in [0.2, 0.25) is 0 Å². The molecule has 0 spiro atoms. The van der Waals surface area contributed by atoms with Crippen LogP contribution in [0.15, 0.2) is 58.0 Å². The SMILES string of the molecule is COc1cccc(-c2cc(COC(=O)c3ccc[nH]c3=O)no2)c1. The van der Waals surface area contributed by atoms with E-state index in [0.717, 1.165) is 5.56 Å². The third-order valence-corrected chi connectivity index (χ3v) is 3.30. The third-order valence-electron chi connectivity index (χ3n) is 3.30. The van der Waals surface area contributed by atoms with Gasteiger partial charge in [0, 0.05) is 17.8 Å². The highest BCUT2D eigenvalue weighted by Gasteiger charge is 2.13. The molecule has 0 fully saturated rings. The molecule has 7 heteroatoms. The molecule has 2 aromatic heterocycles. The first-order valence-electron chi connectivity index (χ1n) is 7.12. The number of nitrogens with one attached hydrogen (secondary N) is 1. The van der Waals surface area contributed by atoms with Crippen molar-refractivity contribution in [1.29, 1.82) is 0 Å². The van der Waals surface area contributed by atoms with Gasteiger partial charge in [-0.05, 0) is 24.3 Å². The molecule has 122 valence electrons. The van der Waals surface area contributed by atoms with Crippen molar-refractivity contribution < 1.29 is 18.8 Å². The normalized spacial score (nSPS) is 10.4. The average molecular weight is 326 g/mol. The predicted octanol–water partition coefficient (Wildman–Crippen LogP) is 2.40. The summed E-state index contributed by atoms with van der Waals surface area (Å²) in [6.45, 7) is -0.0966. The topological polar surface area (TPSA) is 94.4 Å². The zero-order chi connectivity index (χ0) is 16.9. The van der Waals surface area contributed by atoms with E-state index in [2.05, 4.69) is 10.1 Å². The molecule has 7 nitrogen and oxygen atoms in total. The number of rotatable bonds is 5. The highest BCUT2D eigenvalue weighted by molar-refractivity contribution is 5.88. The highest BCUT2D eigenvalue weighted by Crippen LogP contribution is 2.24. The van der Waals surface area contributed by atoms with E-state index in [9.17, 15) is 9.59 Å². The van der Waals surface area contributed by atoms with E-state index in [0.29, 0.717) is 17.2 Å². The molecule has 0 unspecified atom stereocenters. The lowest BCUT2D eigenvalue weighted by atomic mass is 10.1. The van der Waals surface area contributed by atoms with Crippen molar-refractivity contribution in [3.8, 4) is 17.1 Å². The van der Waals surface area contributed by atoms with E-state index in [4.69, 9.17) is 14.0 Å². The average Bonchev–Trinajstić information content (AvgIpc) is 3.09. The summed E-state index contributed by atoms with van der Waals surface area (Å²) in [5.74, 6) is 0.500. The Kier molecular flexibility index (Phi) is 4.42. The summed E-state index contributed by atoms with van der Waals surface area (Å²) in [5, 5.41) is 3.86. The van der Waals surface area contributed by atoms with Gasteiger partial charge in [-0.1, -0.05) is 17.3 Å². The molecule has 0 amide bonds. The van der Waals surface area contributed by atoms with Gasteiger partial charge in [-0.3, -0.25) is 4.79 Å². The Morgan fingerprint density at radius 2 is 2.12 bits per heavy atom. The zero-order valence-corrected chi connectivity index (χ0v) is 12.8. The van der Waals surface area contributed by atoms with Crippen LogP contribution in [-0.4, -0.2) is 23.2 Å². The third kappa shape index (κ3) is 3.35. The number of esters is 1. The van der Waals surface area contributed by atoms with Crippen LogP contribution in [0.25, 0.3) is 11.3 Å². The molecule has 24 heavy (non-hydrogen) atoms. The molecule has 0 aliphatic carbocycles. The zero-order valence-electron chi connectivity index (χ0n) is 12.8. The number of nitrogens with zero attached hydrogens (tertiary/aromatic N) is 1. The van der Waals surface area contributed by atoms with Crippen LogP contribution in [0.5, 0.6) is 5.75 Å². The Morgan fingerprint density at radius 1 is 1.25 bits per heavy atom. The van der Waals surface area contributed by atoms with Crippen LogP contribution >= 0.6 is 0 Å². The van der Waals surface area contributed by atoms with Gasteiger partial charge in [0.2, 0.25) is 0 Å². The highest BCUT2D eigenvalue weighted by atomic mass is 16.5. The Morgan fingerprint density at radius 3 is 2.92 bits per heavy atom. The monoisotopic (exact) mass is 326 g/mol. The van der Waals surface area contributed by atoms with Crippen LogP contribution in [0.1, 0.15) is 16.1 Å². The van der Waals surface area contributed by atoms with Gasteiger partial charge in [-0.15, -0.1) is 0 Å². The minimum Gasteiger partial charge on any atom is -0.497 e. The van der Waals surface area contributed by atoms with Crippen molar-refractivity contribution in [2.75, 3.05) is 7.11 Å². The van der Waals surface area contributed by atoms with Gasteiger partial charge in [-0.2, -0.15) is 0 Å². The lowest BCUT2D eigenvalue weighted by Gasteiger charge is -2.01. The van der Waals surface area contributed by atoms with Gasteiger partial charge in [-0.25, -0.2) is 4.79 Å². The van der Waals surface area contributed by atoms with E-state index in [1.54, 1.807) is 25.3 Å². The number of aromatic amines is 1. The molecule has 0 radical (unpaired) electrons. The predicted molar refractivity (Wildman–Crippen MR) is 84.7 cm³/mol. The first kappa shape index (κ1) is 15.5. The Hall–Kier alpha value is -3.35. The fraction of sp³-hybridized carbons (Fsp3) is 0.118. The fourth-order valence-corrected chi connectivity index (χ4v) is 2.09. The molecule has 3 aromatic rings. The lowest BCUT2D eigenvalue weighted by molar-refractivity contribution is 0.0462. The maximum atomic E-state index is 11.9. The van der Waals surface area contributed by atoms with E-state index in [-0.39, 0.29) is 12.2 Å². The number of H-pyrrole nitrogens is 1. The van der Waals surface area contributed by atoms with Crippen molar-refractivity contribution in [1.82, 2.24) is 10.1 Å². The molecule has 1 N–H and O–H groups in total. The number of benzene rings is 1. The lowest BCUT2D eigenvalue weighted by Crippen LogP contribution is -2.18. The Balaban J connectivity index is 1.69. The summed E-state index contributed by atoms with van der Waals surface area (Å²) in [4.78, 5) is 25.8. The second-order valence-corrected chi connectivity index (χ2v) is 4.90. The van der Waals surface area contributed by atoms with Gasteiger partial charge in [0.1, 0.15) is 23.6 Å². The molecule has 2 heterocycles. The summed E-state index contributed by atoms with van der Waals surface area (Å²) < 4.78 is 15.5. The Bertz CT molecular complexity index is 913. The van der Waals surface area contributed by atoms with Crippen molar-refractivity contribution >= 4 is 5.97 Å². The number of hydrogen-bond donors (Lipinski definition) is 1. The van der Waals surface area contributed by atoms with Gasteiger partial charge in [0.15, 0.2) is 5.76 Å². The number of pyridine rings is 1. The smallest absolute Gasteiger partial charge is 0.344 e. The van der Waals surface area contributed by atoms with Crippen LogP contribution in [0.4, 0.5) is 0 Å². The minimum absolute atomic E-state index is 0.0611. The number of aromatic nitrogens is 2. The summed E-state index contributed by atoms with van der Waals surface area (Å²) >= 11 is 0. The van der Waals surface area contributed by atoms with E-state index < -0.39 is 11.5 Å². The molecular weight excluding hydrogens is 312 g/mol. The maximum absolute atomic E-state index is 11.9. The molecule has 0 aliphatic heterocycles. The largest absolute Gasteiger partial charge is 0.497 e. The molecule has 0 aliphatic rings. The van der Waals surface area contributed by atoms with Gasteiger partial charge in [0.25, 0.3) is 5.56 Å². The van der Waals surface area contributed by atoms with E-state index in [1.165, 1.54) is 12.3 Å². The molecular formula is C17H14N2O5. The quantitative estimate of drug-likeness (QED) is 0.724. The summed E-state index contributed by atoms with van der Waals surface area (Å²) in [6, 6.07) is 11.9. The maximum Gasteiger partial charge on any atom is 0.344 e.